The van der Waals surface area contributed by atoms with Crippen molar-refractivity contribution in [1.29, 1.82) is 0 Å². The van der Waals surface area contributed by atoms with E-state index in [0.717, 1.165) is 32.5 Å². The lowest BCUT2D eigenvalue weighted by atomic mass is 9.75. The molecule has 166 valence electrons. The van der Waals surface area contributed by atoms with Crippen LogP contribution in [0.3, 0.4) is 0 Å². The van der Waals surface area contributed by atoms with Crippen molar-refractivity contribution in [3.63, 3.8) is 0 Å². The van der Waals surface area contributed by atoms with Crippen LogP contribution in [0.5, 0.6) is 0 Å². The lowest BCUT2D eigenvalue weighted by Crippen LogP contribution is -2.51. The monoisotopic (exact) mass is 440 g/mol. The van der Waals surface area contributed by atoms with E-state index in [2.05, 4.69) is 42.2 Å². The smallest absolute Gasteiger partial charge is 0.243 e. The fourth-order valence-corrected chi connectivity index (χ4v) is 7.25. The van der Waals surface area contributed by atoms with E-state index in [-0.39, 0.29) is 11.5 Å². The van der Waals surface area contributed by atoms with Crippen LogP contribution in [0.4, 0.5) is 0 Å². The average molecular weight is 441 g/mol. The van der Waals surface area contributed by atoms with Gasteiger partial charge in [0.25, 0.3) is 0 Å². The Bertz CT molecular complexity index is 990. The van der Waals surface area contributed by atoms with Crippen molar-refractivity contribution < 1.29 is 13.2 Å². The standard InChI is InChI=1S/C25H32N2O3S/c1-25-18-22(16-21(25)17-24(30-19-25)20-8-4-2-5-9-20)26-12-14-27(15-13-26)31(28,29)23-10-6-3-7-11-23/h2-11,21-22,24H,12-19H2,1H3/t21-,22+,24-,25+/m0/s1. The van der Waals surface area contributed by atoms with Crippen molar-refractivity contribution in [3.8, 4) is 0 Å². The highest BCUT2D eigenvalue weighted by molar-refractivity contribution is 7.89. The third-order valence-electron chi connectivity index (χ3n) is 7.70. The molecule has 2 aromatic carbocycles. The summed E-state index contributed by atoms with van der Waals surface area (Å²) in [7, 11) is -3.39. The van der Waals surface area contributed by atoms with Gasteiger partial charge in [0.1, 0.15) is 0 Å². The zero-order valence-corrected chi connectivity index (χ0v) is 19.0. The minimum atomic E-state index is -3.39. The molecule has 0 amide bonds. The normalized spacial score (nSPS) is 32.6. The highest BCUT2D eigenvalue weighted by Gasteiger charge is 2.49. The van der Waals surface area contributed by atoms with Gasteiger partial charge >= 0.3 is 0 Å². The molecule has 2 saturated heterocycles. The average Bonchev–Trinajstić information content (AvgIpc) is 3.17. The third kappa shape index (κ3) is 4.07. The van der Waals surface area contributed by atoms with Crippen molar-refractivity contribution in [2.45, 2.75) is 43.2 Å². The summed E-state index contributed by atoms with van der Waals surface area (Å²) in [5, 5.41) is 0. The SMILES string of the molecule is C[C@@]12CO[C@H](c3ccccc3)C[C@@H]1C[C@@H](N1CCN(S(=O)(=O)c3ccccc3)CC1)C2. The van der Waals surface area contributed by atoms with Gasteiger partial charge in [-0.1, -0.05) is 55.5 Å². The summed E-state index contributed by atoms with van der Waals surface area (Å²) in [6.45, 7) is 5.95. The van der Waals surface area contributed by atoms with Gasteiger partial charge in [0.2, 0.25) is 10.0 Å². The Kier molecular flexibility index (Phi) is 5.67. The first-order valence-electron chi connectivity index (χ1n) is 11.4. The molecule has 0 N–H and O–H groups in total. The minimum Gasteiger partial charge on any atom is -0.373 e. The van der Waals surface area contributed by atoms with Crippen molar-refractivity contribution >= 4 is 10.0 Å². The summed E-state index contributed by atoms with van der Waals surface area (Å²) in [6.07, 6.45) is 3.62. The van der Waals surface area contributed by atoms with E-state index in [1.807, 2.05) is 6.07 Å². The molecule has 5 nitrogen and oxygen atoms in total. The number of hydrogen-bond acceptors (Lipinski definition) is 4. The second-order valence-electron chi connectivity index (χ2n) is 9.64. The van der Waals surface area contributed by atoms with E-state index >= 15 is 0 Å². The number of nitrogens with zero attached hydrogens (tertiary/aromatic N) is 2. The van der Waals surface area contributed by atoms with Gasteiger partial charge in [0.15, 0.2) is 0 Å². The van der Waals surface area contributed by atoms with Gasteiger partial charge < -0.3 is 4.74 Å². The summed E-state index contributed by atoms with van der Waals surface area (Å²) in [6, 6.07) is 19.9. The summed E-state index contributed by atoms with van der Waals surface area (Å²) < 4.78 is 33.8. The maximum Gasteiger partial charge on any atom is 0.243 e. The van der Waals surface area contributed by atoms with Crippen LogP contribution >= 0.6 is 0 Å². The zero-order valence-electron chi connectivity index (χ0n) is 18.2. The first kappa shape index (κ1) is 21.1. The predicted molar refractivity (Wildman–Crippen MR) is 121 cm³/mol. The van der Waals surface area contributed by atoms with E-state index in [1.165, 1.54) is 12.0 Å². The number of hydrogen-bond donors (Lipinski definition) is 0. The molecule has 2 aromatic rings. The Morgan fingerprint density at radius 2 is 1.55 bits per heavy atom. The molecule has 2 heterocycles. The first-order chi connectivity index (χ1) is 15.0. The lowest BCUT2D eigenvalue weighted by Gasteiger charge is -2.40. The van der Waals surface area contributed by atoms with Crippen molar-refractivity contribution in [2.75, 3.05) is 32.8 Å². The van der Waals surface area contributed by atoms with Crippen molar-refractivity contribution in [3.05, 3.63) is 66.2 Å². The highest BCUT2D eigenvalue weighted by Crippen LogP contribution is 2.53. The molecule has 1 aliphatic carbocycles. The molecule has 3 fully saturated rings. The summed E-state index contributed by atoms with van der Waals surface area (Å²) in [4.78, 5) is 2.92. The lowest BCUT2D eigenvalue weighted by molar-refractivity contribution is -0.0819. The zero-order chi connectivity index (χ0) is 21.5. The second kappa shape index (κ2) is 8.32. The topological polar surface area (TPSA) is 49.9 Å². The van der Waals surface area contributed by atoms with Gasteiger partial charge in [0.05, 0.1) is 17.6 Å². The number of benzene rings is 2. The minimum absolute atomic E-state index is 0.200. The Morgan fingerprint density at radius 1 is 0.903 bits per heavy atom. The van der Waals surface area contributed by atoms with Gasteiger partial charge in [-0.05, 0) is 48.3 Å². The Balaban J connectivity index is 1.21. The van der Waals surface area contributed by atoms with Crippen LogP contribution in [0.25, 0.3) is 0 Å². The Morgan fingerprint density at radius 3 is 2.23 bits per heavy atom. The van der Waals surface area contributed by atoms with Crippen LogP contribution in [0.1, 0.15) is 37.9 Å². The fourth-order valence-electron chi connectivity index (χ4n) is 5.80. The second-order valence-corrected chi connectivity index (χ2v) is 11.6. The molecular formula is C25H32N2O3S. The molecule has 6 heteroatoms. The number of fused-ring (bicyclic) bond motifs is 1. The van der Waals surface area contributed by atoms with Crippen LogP contribution in [0.15, 0.2) is 65.6 Å². The molecule has 4 atom stereocenters. The molecule has 1 saturated carbocycles. The summed E-state index contributed by atoms with van der Waals surface area (Å²) in [5.41, 5.74) is 1.51. The third-order valence-corrected chi connectivity index (χ3v) is 9.61. The quantitative estimate of drug-likeness (QED) is 0.723. The fraction of sp³-hybridized carbons (Fsp3) is 0.520. The Labute approximate surface area is 186 Å². The number of piperazine rings is 1. The Hall–Kier alpha value is -1.73. The van der Waals surface area contributed by atoms with Crippen LogP contribution in [-0.2, 0) is 14.8 Å². The number of ether oxygens (including phenoxy) is 1. The number of rotatable bonds is 4. The molecule has 2 aliphatic heterocycles. The van der Waals surface area contributed by atoms with Gasteiger partial charge in [-0.25, -0.2) is 8.42 Å². The van der Waals surface area contributed by atoms with Crippen LogP contribution in [0.2, 0.25) is 0 Å². The van der Waals surface area contributed by atoms with Gasteiger partial charge in [-0.3, -0.25) is 4.90 Å². The molecule has 3 aliphatic rings. The molecule has 0 bridgehead atoms. The van der Waals surface area contributed by atoms with Crippen LogP contribution in [0, 0.1) is 11.3 Å². The van der Waals surface area contributed by atoms with Crippen molar-refractivity contribution in [1.82, 2.24) is 9.21 Å². The van der Waals surface area contributed by atoms with E-state index < -0.39 is 10.0 Å². The molecule has 0 radical (unpaired) electrons. The highest BCUT2D eigenvalue weighted by atomic mass is 32.2. The summed E-state index contributed by atoms with van der Waals surface area (Å²) >= 11 is 0. The maximum atomic E-state index is 12.9. The molecule has 0 unspecified atom stereocenters. The van der Waals surface area contributed by atoms with E-state index in [0.29, 0.717) is 29.9 Å². The molecule has 0 aromatic heterocycles. The van der Waals surface area contributed by atoms with Crippen LogP contribution < -0.4 is 0 Å². The molecular weight excluding hydrogens is 408 g/mol. The maximum absolute atomic E-state index is 12.9. The predicted octanol–water partition coefficient (Wildman–Crippen LogP) is 3.94. The molecule has 31 heavy (non-hydrogen) atoms. The first-order valence-corrected chi connectivity index (χ1v) is 12.9. The van der Waals surface area contributed by atoms with Crippen molar-refractivity contribution in [2.24, 2.45) is 11.3 Å². The largest absolute Gasteiger partial charge is 0.373 e. The van der Waals surface area contributed by atoms with Gasteiger partial charge in [-0.15, -0.1) is 0 Å². The van der Waals surface area contributed by atoms with Crippen LogP contribution in [-0.4, -0.2) is 56.5 Å². The molecule has 0 spiro atoms. The van der Waals surface area contributed by atoms with Gasteiger partial charge in [-0.2, -0.15) is 4.31 Å². The van der Waals surface area contributed by atoms with E-state index in [4.69, 9.17) is 4.74 Å². The number of sulfonamides is 1. The van der Waals surface area contributed by atoms with E-state index in [1.54, 1.807) is 28.6 Å². The van der Waals surface area contributed by atoms with Gasteiger partial charge in [0, 0.05) is 32.2 Å². The molecule has 5 rings (SSSR count). The van der Waals surface area contributed by atoms with E-state index in [9.17, 15) is 8.42 Å². The summed E-state index contributed by atoms with van der Waals surface area (Å²) in [5.74, 6) is 0.655.